The lowest BCUT2D eigenvalue weighted by atomic mass is 10.1. The van der Waals surface area contributed by atoms with E-state index in [4.69, 9.17) is 0 Å². The van der Waals surface area contributed by atoms with Gasteiger partial charge in [-0.15, -0.1) is 0 Å². The van der Waals surface area contributed by atoms with Crippen LogP contribution in [-0.2, 0) is 0 Å². The van der Waals surface area contributed by atoms with Gasteiger partial charge in [0.15, 0.2) is 0 Å². The molecule has 0 spiro atoms. The van der Waals surface area contributed by atoms with Gasteiger partial charge in [-0.25, -0.2) is 0 Å². The molecule has 0 amide bonds. The molecule has 1 aliphatic rings. The normalized spacial score (nSPS) is 21.0. The monoisotopic (exact) mass is 255 g/mol. The Labute approximate surface area is 114 Å². The van der Waals surface area contributed by atoms with Crippen LogP contribution in [0.5, 0.6) is 0 Å². The van der Waals surface area contributed by atoms with E-state index in [-0.39, 0.29) is 0 Å². The first-order chi connectivity index (χ1) is 8.72. The van der Waals surface area contributed by atoms with E-state index in [1.54, 1.807) is 0 Å². The minimum atomic E-state index is 0.765. The van der Waals surface area contributed by atoms with Crippen LogP contribution in [0.2, 0.25) is 0 Å². The second-order valence-corrected chi connectivity index (χ2v) is 6.09. The summed E-state index contributed by atoms with van der Waals surface area (Å²) >= 11 is 0. The summed E-state index contributed by atoms with van der Waals surface area (Å²) in [6, 6.07) is 0. The molecule has 3 nitrogen and oxygen atoms in total. The summed E-state index contributed by atoms with van der Waals surface area (Å²) in [4.78, 5) is 2.62. The molecule has 1 aliphatic heterocycles. The lowest BCUT2D eigenvalue weighted by molar-refractivity contribution is 0.315. The summed E-state index contributed by atoms with van der Waals surface area (Å²) in [6.07, 6.45) is 4.01. The minimum Gasteiger partial charge on any atom is -0.317 e. The van der Waals surface area contributed by atoms with E-state index in [1.807, 2.05) is 0 Å². The molecular weight excluding hydrogens is 222 g/mol. The molecule has 18 heavy (non-hydrogen) atoms. The van der Waals surface area contributed by atoms with Crippen molar-refractivity contribution in [3.63, 3.8) is 0 Å². The van der Waals surface area contributed by atoms with Crippen molar-refractivity contribution in [2.45, 2.75) is 40.0 Å². The van der Waals surface area contributed by atoms with Gasteiger partial charge in [0.2, 0.25) is 0 Å². The summed E-state index contributed by atoms with van der Waals surface area (Å²) in [6.45, 7) is 15.3. The van der Waals surface area contributed by atoms with Gasteiger partial charge in [-0.2, -0.15) is 0 Å². The lowest BCUT2D eigenvalue weighted by Crippen LogP contribution is -2.32. The van der Waals surface area contributed by atoms with E-state index < -0.39 is 0 Å². The number of rotatable bonds is 10. The summed E-state index contributed by atoms with van der Waals surface area (Å²) in [5.41, 5.74) is 0. The summed E-state index contributed by atoms with van der Waals surface area (Å²) in [7, 11) is 0. The Morgan fingerprint density at radius 2 is 2.00 bits per heavy atom. The largest absolute Gasteiger partial charge is 0.317 e. The van der Waals surface area contributed by atoms with Crippen molar-refractivity contribution in [1.29, 1.82) is 0 Å². The van der Waals surface area contributed by atoms with Gasteiger partial charge in [0.1, 0.15) is 0 Å². The van der Waals surface area contributed by atoms with Crippen LogP contribution in [0.4, 0.5) is 0 Å². The number of hydrogen-bond donors (Lipinski definition) is 2. The SMILES string of the molecule is CCCNCCC1CCN(CCNCC(C)C)C1. The molecule has 1 heterocycles. The van der Waals surface area contributed by atoms with Crippen LogP contribution in [0.15, 0.2) is 0 Å². The maximum absolute atomic E-state index is 3.53. The highest BCUT2D eigenvalue weighted by molar-refractivity contribution is 4.76. The fourth-order valence-electron chi connectivity index (χ4n) is 2.59. The second-order valence-electron chi connectivity index (χ2n) is 6.09. The molecule has 1 saturated heterocycles. The highest BCUT2D eigenvalue weighted by Gasteiger charge is 2.21. The molecule has 1 unspecified atom stereocenters. The standard InChI is InChI=1S/C15H33N3/c1-4-7-16-8-5-15-6-10-18(13-15)11-9-17-12-14(2)3/h14-17H,4-13H2,1-3H3. The maximum atomic E-state index is 3.53. The van der Waals surface area contributed by atoms with Gasteiger partial charge in [0.05, 0.1) is 0 Å². The predicted molar refractivity (Wildman–Crippen MR) is 80.0 cm³/mol. The molecule has 0 saturated carbocycles. The lowest BCUT2D eigenvalue weighted by Gasteiger charge is -2.17. The minimum absolute atomic E-state index is 0.765. The van der Waals surface area contributed by atoms with Crippen molar-refractivity contribution in [3.05, 3.63) is 0 Å². The molecular formula is C15H33N3. The van der Waals surface area contributed by atoms with Gasteiger partial charge in [-0.05, 0) is 57.3 Å². The zero-order valence-electron chi connectivity index (χ0n) is 12.7. The van der Waals surface area contributed by atoms with E-state index in [9.17, 15) is 0 Å². The first kappa shape index (κ1) is 15.9. The highest BCUT2D eigenvalue weighted by atomic mass is 15.2. The van der Waals surface area contributed by atoms with E-state index in [0.29, 0.717) is 0 Å². The average Bonchev–Trinajstić information content (AvgIpc) is 2.78. The summed E-state index contributed by atoms with van der Waals surface area (Å²) in [5.74, 6) is 1.69. The van der Waals surface area contributed by atoms with Crippen molar-refractivity contribution >= 4 is 0 Å². The third kappa shape index (κ3) is 7.34. The number of nitrogens with one attached hydrogen (secondary N) is 2. The first-order valence-electron chi connectivity index (χ1n) is 7.86. The topological polar surface area (TPSA) is 27.3 Å². The number of nitrogens with zero attached hydrogens (tertiary/aromatic N) is 1. The molecule has 0 aromatic rings. The van der Waals surface area contributed by atoms with Crippen LogP contribution in [0.3, 0.4) is 0 Å². The molecule has 3 heteroatoms. The first-order valence-corrected chi connectivity index (χ1v) is 7.86. The molecule has 108 valence electrons. The molecule has 0 aliphatic carbocycles. The van der Waals surface area contributed by atoms with Gasteiger partial charge >= 0.3 is 0 Å². The van der Waals surface area contributed by atoms with Crippen LogP contribution < -0.4 is 10.6 Å². The van der Waals surface area contributed by atoms with Crippen LogP contribution in [-0.4, -0.2) is 50.7 Å². The zero-order chi connectivity index (χ0) is 13.2. The molecule has 1 atom stereocenters. The molecule has 2 N–H and O–H groups in total. The third-order valence-corrected chi connectivity index (χ3v) is 3.68. The molecule has 0 bridgehead atoms. The van der Waals surface area contributed by atoms with Gasteiger partial charge in [0.25, 0.3) is 0 Å². The average molecular weight is 255 g/mol. The van der Waals surface area contributed by atoms with E-state index in [0.717, 1.165) is 24.9 Å². The fraction of sp³-hybridized carbons (Fsp3) is 1.00. The Balaban J connectivity index is 1.96. The smallest absolute Gasteiger partial charge is 0.0107 e. The van der Waals surface area contributed by atoms with E-state index in [1.165, 1.54) is 52.0 Å². The molecule has 0 aromatic heterocycles. The van der Waals surface area contributed by atoms with Crippen molar-refractivity contribution in [2.75, 3.05) is 45.8 Å². The molecule has 1 rings (SSSR count). The molecule has 0 radical (unpaired) electrons. The maximum Gasteiger partial charge on any atom is 0.0107 e. The Morgan fingerprint density at radius 3 is 2.72 bits per heavy atom. The Morgan fingerprint density at radius 1 is 1.17 bits per heavy atom. The fourth-order valence-corrected chi connectivity index (χ4v) is 2.59. The van der Waals surface area contributed by atoms with Gasteiger partial charge in [0, 0.05) is 19.6 Å². The van der Waals surface area contributed by atoms with Gasteiger partial charge in [-0.1, -0.05) is 20.8 Å². The quantitative estimate of drug-likeness (QED) is 0.584. The van der Waals surface area contributed by atoms with Crippen LogP contribution in [0.1, 0.15) is 40.0 Å². The molecule has 1 fully saturated rings. The highest BCUT2D eigenvalue weighted by Crippen LogP contribution is 2.18. The Kier molecular flexibility index (Phi) is 8.64. The Bertz CT molecular complexity index is 194. The third-order valence-electron chi connectivity index (χ3n) is 3.68. The second kappa shape index (κ2) is 9.76. The number of likely N-dealkylation sites (tertiary alicyclic amines) is 1. The van der Waals surface area contributed by atoms with Crippen molar-refractivity contribution in [3.8, 4) is 0 Å². The predicted octanol–water partition coefficient (Wildman–Crippen LogP) is 1.94. The summed E-state index contributed by atoms with van der Waals surface area (Å²) in [5, 5.41) is 7.04. The van der Waals surface area contributed by atoms with Crippen molar-refractivity contribution in [1.82, 2.24) is 15.5 Å². The van der Waals surface area contributed by atoms with E-state index in [2.05, 4.69) is 36.3 Å². The van der Waals surface area contributed by atoms with Crippen molar-refractivity contribution < 1.29 is 0 Å². The van der Waals surface area contributed by atoms with Crippen LogP contribution in [0.25, 0.3) is 0 Å². The van der Waals surface area contributed by atoms with Crippen molar-refractivity contribution in [2.24, 2.45) is 11.8 Å². The summed E-state index contributed by atoms with van der Waals surface area (Å²) < 4.78 is 0. The van der Waals surface area contributed by atoms with E-state index >= 15 is 0 Å². The van der Waals surface area contributed by atoms with Crippen LogP contribution >= 0.6 is 0 Å². The molecule has 0 aromatic carbocycles. The van der Waals surface area contributed by atoms with Gasteiger partial charge in [-0.3, -0.25) is 0 Å². The van der Waals surface area contributed by atoms with Crippen LogP contribution in [0, 0.1) is 11.8 Å². The zero-order valence-corrected chi connectivity index (χ0v) is 12.7. The van der Waals surface area contributed by atoms with Gasteiger partial charge < -0.3 is 15.5 Å². The number of hydrogen-bond acceptors (Lipinski definition) is 3. The Hall–Kier alpha value is -0.120.